The van der Waals surface area contributed by atoms with Crippen molar-refractivity contribution < 1.29 is 4.74 Å². The van der Waals surface area contributed by atoms with Gasteiger partial charge >= 0.3 is 0 Å². The Kier molecular flexibility index (Phi) is 5.30. The Morgan fingerprint density at radius 3 is 2.30 bits per heavy atom. The molecule has 0 aliphatic heterocycles. The van der Waals surface area contributed by atoms with Gasteiger partial charge in [0.1, 0.15) is 11.9 Å². The normalized spacial score (nSPS) is 13.8. The molecule has 0 fully saturated rings. The second-order valence-corrected chi connectivity index (χ2v) is 5.43. The Hall–Kier alpha value is -1.22. The Balaban J connectivity index is 2.29. The molecule has 20 heavy (non-hydrogen) atoms. The van der Waals surface area contributed by atoms with Crippen molar-refractivity contribution in [3.8, 4) is 5.75 Å². The molecule has 0 saturated heterocycles. The van der Waals surface area contributed by atoms with E-state index in [0.717, 1.165) is 17.7 Å². The molecule has 2 atom stereocenters. The van der Waals surface area contributed by atoms with Crippen LogP contribution in [0.4, 0.5) is 0 Å². The number of nitrogens with two attached hydrogens (primary N) is 1. The fraction of sp³-hybridized carbons (Fsp3) is 0.250. The van der Waals surface area contributed by atoms with Crippen LogP contribution in [0, 0.1) is 0 Å². The van der Waals surface area contributed by atoms with E-state index in [9.17, 15) is 0 Å². The van der Waals surface area contributed by atoms with Crippen molar-refractivity contribution in [3.05, 3.63) is 64.1 Å². The Bertz CT molecular complexity index is 557. The van der Waals surface area contributed by atoms with Gasteiger partial charge in [0.05, 0.1) is 0 Å². The van der Waals surface area contributed by atoms with Gasteiger partial charge in [-0.05, 0) is 36.8 Å². The molecule has 0 heterocycles. The summed E-state index contributed by atoms with van der Waals surface area (Å²) in [5.41, 5.74) is 7.09. The summed E-state index contributed by atoms with van der Waals surface area (Å²) in [6.07, 6.45) is 0.513. The van der Waals surface area contributed by atoms with Crippen molar-refractivity contribution in [1.29, 1.82) is 0 Å². The molecule has 2 aromatic carbocycles. The number of hydrogen-bond acceptors (Lipinski definition) is 2. The monoisotopic (exact) mass is 309 g/mol. The number of ether oxygens (including phenoxy) is 1. The Morgan fingerprint density at radius 1 is 1.05 bits per heavy atom. The van der Waals surface area contributed by atoms with Crippen LogP contribution in [0.3, 0.4) is 0 Å². The first kappa shape index (κ1) is 15.2. The van der Waals surface area contributed by atoms with E-state index in [1.165, 1.54) is 0 Å². The van der Waals surface area contributed by atoms with Crippen LogP contribution in [0.5, 0.6) is 5.75 Å². The van der Waals surface area contributed by atoms with Crippen LogP contribution in [-0.4, -0.2) is 6.04 Å². The lowest BCUT2D eigenvalue weighted by Gasteiger charge is -2.25. The standard InChI is InChI=1S/C16H17Cl2NO/c1-2-15(19)16(13-5-3-4-6-14(13)18)20-12-9-7-11(17)8-10-12/h3-10,15-16H,2,19H2,1H3. The lowest BCUT2D eigenvalue weighted by atomic mass is 10.0. The molecule has 2 nitrogen and oxygen atoms in total. The van der Waals surface area contributed by atoms with Gasteiger partial charge in [-0.2, -0.15) is 0 Å². The first-order chi connectivity index (χ1) is 9.61. The minimum Gasteiger partial charge on any atom is -0.484 e. The third kappa shape index (κ3) is 3.66. The van der Waals surface area contributed by atoms with E-state index in [-0.39, 0.29) is 12.1 Å². The summed E-state index contributed by atoms with van der Waals surface area (Å²) in [7, 11) is 0. The largest absolute Gasteiger partial charge is 0.484 e. The van der Waals surface area contributed by atoms with E-state index in [4.69, 9.17) is 33.7 Å². The van der Waals surface area contributed by atoms with Crippen molar-refractivity contribution in [1.82, 2.24) is 0 Å². The second-order valence-electron chi connectivity index (χ2n) is 4.59. The molecule has 2 aromatic rings. The summed E-state index contributed by atoms with van der Waals surface area (Å²) in [4.78, 5) is 0. The molecule has 2 N–H and O–H groups in total. The zero-order valence-corrected chi connectivity index (χ0v) is 12.7. The highest BCUT2D eigenvalue weighted by atomic mass is 35.5. The van der Waals surface area contributed by atoms with Gasteiger partial charge in [0.25, 0.3) is 0 Å². The third-order valence-electron chi connectivity index (χ3n) is 3.15. The molecular weight excluding hydrogens is 293 g/mol. The van der Waals surface area contributed by atoms with Crippen molar-refractivity contribution in [2.24, 2.45) is 5.73 Å². The maximum Gasteiger partial charge on any atom is 0.140 e. The van der Waals surface area contributed by atoms with Gasteiger partial charge in [-0.1, -0.05) is 48.3 Å². The molecule has 4 heteroatoms. The van der Waals surface area contributed by atoms with Crippen LogP contribution in [-0.2, 0) is 0 Å². The van der Waals surface area contributed by atoms with Crippen LogP contribution in [0.2, 0.25) is 10.0 Å². The quantitative estimate of drug-likeness (QED) is 0.856. The summed E-state index contributed by atoms with van der Waals surface area (Å²) >= 11 is 12.1. The minimum absolute atomic E-state index is 0.134. The van der Waals surface area contributed by atoms with Crippen molar-refractivity contribution in [3.63, 3.8) is 0 Å². The highest BCUT2D eigenvalue weighted by Gasteiger charge is 2.22. The fourth-order valence-corrected chi connectivity index (χ4v) is 2.33. The van der Waals surface area contributed by atoms with Gasteiger partial charge in [0.15, 0.2) is 0 Å². The highest BCUT2D eigenvalue weighted by Crippen LogP contribution is 2.30. The summed E-state index contributed by atoms with van der Waals surface area (Å²) in [5.74, 6) is 0.725. The van der Waals surface area contributed by atoms with Crippen LogP contribution in [0.25, 0.3) is 0 Å². The first-order valence-corrected chi connectivity index (χ1v) is 7.29. The third-order valence-corrected chi connectivity index (χ3v) is 3.74. The minimum atomic E-state index is -0.283. The molecule has 0 aromatic heterocycles. The topological polar surface area (TPSA) is 35.2 Å². The molecule has 0 radical (unpaired) electrons. The van der Waals surface area contributed by atoms with E-state index >= 15 is 0 Å². The van der Waals surface area contributed by atoms with E-state index in [0.29, 0.717) is 10.0 Å². The average molecular weight is 310 g/mol. The van der Waals surface area contributed by atoms with E-state index in [1.807, 2.05) is 43.3 Å². The van der Waals surface area contributed by atoms with Crippen LogP contribution < -0.4 is 10.5 Å². The number of hydrogen-bond donors (Lipinski definition) is 1. The molecule has 2 unspecified atom stereocenters. The summed E-state index contributed by atoms with van der Waals surface area (Å²) in [6, 6.07) is 14.7. The Morgan fingerprint density at radius 2 is 1.70 bits per heavy atom. The zero-order valence-electron chi connectivity index (χ0n) is 11.2. The highest BCUT2D eigenvalue weighted by molar-refractivity contribution is 6.31. The van der Waals surface area contributed by atoms with Crippen LogP contribution in [0.15, 0.2) is 48.5 Å². The second kappa shape index (κ2) is 6.98. The molecule has 0 spiro atoms. The zero-order chi connectivity index (χ0) is 14.5. The van der Waals surface area contributed by atoms with Crippen molar-refractivity contribution in [2.45, 2.75) is 25.5 Å². The predicted octanol–water partition coefficient (Wildman–Crippen LogP) is 4.85. The number of benzene rings is 2. The van der Waals surface area contributed by atoms with Gasteiger partial charge in [-0.3, -0.25) is 0 Å². The van der Waals surface area contributed by atoms with Gasteiger partial charge in [0.2, 0.25) is 0 Å². The summed E-state index contributed by atoms with van der Waals surface area (Å²) in [5, 5.41) is 1.33. The lowest BCUT2D eigenvalue weighted by Crippen LogP contribution is -2.31. The SMILES string of the molecule is CCC(N)C(Oc1ccc(Cl)cc1)c1ccccc1Cl. The molecule has 0 aliphatic rings. The van der Waals surface area contributed by atoms with E-state index < -0.39 is 0 Å². The summed E-state index contributed by atoms with van der Waals surface area (Å²) in [6.45, 7) is 2.03. The van der Waals surface area contributed by atoms with Gasteiger partial charge < -0.3 is 10.5 Å². The lowest BCUT2D eigenvalue weighted by molar-refractivity contribution is 0.171. The molecule has 0 bridgehead atoms. The fourth-order valence-electron chi connectivity index (χ4n) is 1.96. The van der Waals surface area contributed by atoms with Gasteiger partial charge in [-0.25, -0.2) is 0 Å². The first-order valence-electron chi connectivity index (χ1n) is 6.54. The maximum absolute atomic E-state index is 6.25. The summed E-state index contributed by atoms with van der Waals surface area (Å²) < 4.78 is 6.02. The molecule has 2 rings (SSSR count). The Labute approximate surface area is 129 Å². The predicted molar refractivity (Wildman–Crippen MR) is 84.5 cm³/mol. The molecule has 106 valence electrons. The van der Waals surface area contributed by atoms with Crippen molar-refractivity contribution in [2.75, 3.05) is 0 Å². The number of rotatable bonds is 5. The van der Waals surface area contributed by atoms with Crippen LogP contribution in [0.1, 0.15) is 25.0 Å². The average Bonchev–Trinajstić information content (AvgIpc) is 2.47. The van der Waals surface area contributed by atoms with Crippen LogP contribution >= 0.6 is 23.2 Å². The maximum atomic E-state index is 6.25. The smallest absolute Gasteiger partial charge is 0.140 e. The van der Waals surface area contributed by atoms with Crippen molar-refractivity contribution >= 4 is 23.2 Å². The molecular formula is C16H17Cl2NO. The van der Waals surface area contributed by atoms with E-state index in [2.05, 4.69) is 0 Å². The molecule has 0 aliphatic carbocycles. The molecule has 0 amide bonds. The van der Waals surface area contributed by atoms with Gasteiger partial charge in [-0.15, -0.1) is 0 Å². The molecule has 0 saturated carbocycles. The van der Waals surface area contributed by atoms with Gasteiger partial charge in [0, 0.05) is 21.7 Å². The number of halogens is 2. The van der Waals surface area contributed by atoms with E-state index in [1.54, 1.807) is 12.1 Å².